The van der Waals surface area contributed by atoms with Gasteiger partial charge in [-0.15, -0.1) is 0 Å². The average Bonchev–Trinajstić information content (AvgIpc) is 2.67. The molecule has 0 spiro atoms. The van der Waals surface area contributed by atoms with Crippen LogP contribution in [0, 0.1) is 17.2 Å². The molecule has 0 aromatic heterocycles. The zero-order chi connectivity index (χ0) is 21.6. The lowest BCUT2D eigenvalue weighted by atomic mass is 9.97. The number of benzene rings is 1. The van der Waals surface area contributed by atoms with E-state index < -0.39 is 23.6 Å². The van der Waals surface area contributed by atoms with Gasteiger partial charge in [0.25, 0.3) is 5.91 Å². The van der Waals surface area contributed by atoms with Gasteiger partial charge in [0.05, 0.1) is 17.6 Å². The minimum Gasteiger partial charge on any atom is -0.452 e. The molecule has 0 unspecified atom stereocenters. The second kappa shape index (κ2) is 9.41. The largest absolute Gasteiger partial charge is 0.452 e. The molecule has 1 saturated heterocycles. The van der Waals surface area contributed by atoms with Gasteiger partial charge in [0, 0.05) is 18.8 Å². The first-order chi connectivity index (χ1) is 13.6. The first kappa shape index (κ1) is 22.2. The van der Waals surface area contributed by atoms with Gasteiger partial charge in [-0.1, -0.05) is 0 Å². The Morgan fingerprint density at radius 1 is 1.17 bits per heavy atom. The Morgan fingerprint density at radius 2 is 1.76 bits per heavy atom. The molecule has 29 heavy (non-hydrogen) atoms. The van der Waals surface area contributed by atoms with Crippen LogP contribution in [0.1, 0.15) is 46.1 Å². The molecule has 1 fully saturated rings. The standard InChI is InChI=1S/C21H27N3O5/c1-14(18(25)23-17-7-5-15(13-22)6-8-17)28-19(26)16-9-11-24(12-10-16)20(27)29-21(2,3)4/h5-8,14,16H,9-12H2,1-4H3,(H,23,25)/t14-/m1/s1. The van der Waals surface area contributed by atoms with E-state index >= 15 is 0 Å². The molecule has 1 aromatic carbocycles. The SMILES string of the molecule is C[C@@H](OC(=O)C1CCN(C(=O)OC(C)(C)C)CC1)C(=O)Nc1ccc(C#N)cc1. The lowest BCUT2D eigenvalue weighted by Gasteiger charge is -2.32. The van der Waals surface area contributed by atoms with Gasteiger partial charge >= 0.3 is 12.1 Å². The Bertz CT molecular complexity index is 784. The number of carbonyl (C=O) groups is 3. The fourth-order valence-corrected chi connectivity index (χ4v) is 2.82. The summed E-state index contributed by atoms with van der Waals surface area (Å²) in [5, 5.41) is 11.4. The highest BCUT2D eigenvalue weighted by Crippen LogP contribution is 2.21. The van der Waals surface area contributed by atoms with E-state index in [-0.39, 0.29) is 12.0 Å². The fraction of sp³-hybridized carbons (Fsp3) is 0.524. The van der Waals surface area contributed by atoms with E-state index in [1.165, 1.54) is 6.92 Å². The maximum Gasteiger partial charge on any atom is 0.410 e. The number of anilines is 1. The van der Waals surface area contributed by atoms with Crippen molar-refractivity contribution in [3.05, 3.63) is 29.8 Å². The molecule has 8 heteroatoms. The van der Waals surface area contributed by atoms with E-state index in [9.17, 15) is 14.4 Å². The van der Waals surface area contributed by atoms with Crippen LogP contribution in [0.4, 0.5) is 10.5 Å². The number of ether oxygens (including phenoxy) is 2. The van der Waals surface area contributed by atoms with E-state index in [1.807, 2.05) is 6.07 Å². The molecule has 1 heterocycles. The highest BCUT2D eigenvalue weighted by atomic mass is 16.6. The van der Waals surface area contributed by atoms with Gasteiger partial charge in [-0.3, -0.25) is 9.59 Å². The van der Waals surface area contributed by atoms with Crippen molar-refractivity contribution in [2.75, 3.05) is 18.4 Å². The lowest BCUT2D eigenvalue weighted by Crippen LogP contribution is -2.43. The van der Waals surface area contributed by atoms with Crippen molar-refractivity contribution in [3.8, 4) is 6.07 Å². The van der Waals surface area contributed by atoms with Crippen molar-refractivity contribution >= 4 is 23.7 Å². The Morgan fingerprint density at radius 3 is 2.28 bits per heavy atom. The number of hydrogen-bond acceptors (Lipinski definition) is 6. The quantitative estimate of drug-likeness (QED) is 0.777. The van der Waals surface area contributed by atoms with Gasteiger partial charge in [0.2, 0.25) is 0 Å². The van der Waals surface area contributed by atoms with Crippen LogP contribution in [0.25, 0.3) is 0 Å². The summed E-state index contributed by atoms with van der Waals surface area (Å²) in [6.45, 7) is 7.73. The highest BCUT2D eigenvalue weighted by molar-refractivity contribution is 5.95. The molecular formula is C21H27N3O5. The number of hydrogen-bond donors (Lipinski definition) is 1. The molecule has 1 aromatic rings. The van der Waals surface area contributed by atoms with E-state index in [2.05, 4.69) is 5.32 Å². The summed E-state index contributed by atoms with van der Waals surface area (Å²) in [5.41, 5.74) is 0.438. The predicted molar refractivity (Wildman–Crippen MR) is 106 cm³/mol. The van der Waals surface area contributed by atoms with Crippen molar-refractivity contribution in [1.82, 2.24) is 4.90 Å². The molecule has 8 nitrogen and oxygen atoms in total. The van der Waals surface area contributed by atoms with Gasteiger partial charge < -0.3 is 19.7 Å². The molecular weight excluding hydrogens is 374 g/mol. The summed E-state index contributed by atoms with van der Waals surface area (Å²) in [5.74, 6) is -1.26. The topological polar surface area (TPSA) is 109 Å². The normalized spacial score (nSPS) is 15.8. The third-order valence-electron chi connectivity index (χ3n) is 4.42. The van der Waals surface area contributed by atoms with Crippen LogP contribution in [-0.4, -0.2) is 47.7 Å². The van der Waals surface area contributed by atoms with Gasteiger partial charge in [0.15, 0.2) is 6.10 Å². The van der Waals surface area contributed by atoms with Gasteiger partial charge in [-0.2, -0.15) is 5.26 Å². The molecule has 156 valence electrons. The van der Waals surface area contributed by atoms with Gasteiger partial charge in [0.1, 0.15) is 5.60 Å². The number of amides is 2. The molecule has 2 amide bonds. The van der Waals surface area contributed by atoms with Crippen molar-refractivity contribution < 1.29 is 23.9 Å². The molecule has 1 aliphatic heterocycles. The molecule has 0 saturated carbocycles. The zero-order valence-corrected chi connectivity index (χ0v) is 17.2. The number of likely N-dealkylation sites (tertiary alicyclic amines) is 1. The summed E-state index contributed by atoms with van der Waals surface area (Å²) in [6, 6.07) is 8.39. The van der Waals surface area contributed by atoms with Crippen molar-refractivity contribution in [2.45, 2.75) is 52.2 Å². The van der Waals surface area contributed by atoms with Crippen LogP contribution < -0.4 is 5.32 Å². The lowest BCUT2D eigenvalue weighted by molar-refractivity contribution is -0.158. The molecule has 0 radical (unpaired) electrons. The monoisotopic (exact) mass is 401 g/mol. The summed E-state index contributed by atoms with van der Waals surface area (Å²) >= 11 is 0. The summed E-state index contributed by atoms with van der Waals surface area (Å²) in [4.78, 5) is 38.3. The molecule has 1 aliphatic rings. The first-order valence-electron chi connectivity index (χ1n) is 9.58. The number of piperidine rings is 1. The van der Waals surface area contributed by atoms with E-state index in [1.54, 1.807) is 49.9 Å². The number of nitrogens with zero attached hydrogens (tertiary/aromatic N) is 2. The molecule has 0 bridgehead atoms. The van der Waals surface area contributed by atoms with E-state index in [4.69, 9.17) is 14.7 Å². The maximum absolute atomic E-state index is 12.4. The molecule has 1 atom stereocenters. The smallest absolute Gasteiger partial charge is 0.410 e. The number of rotatable bonds is 4. The minimum atomic E-state index is -0.956. The van der Waals surface area contributed by atoms with Crippen LogP contribution in [-0.2, 0) is 19.1 Å². The van der Waals surface area contributed by atoms with Crippen LogP contribution in [0.3, 0.4) is 0 Å². The number of esters is 1. The first-order valence-corrected chi connectivity index (χ1v) is 9.58. The van der Waals surface area contributed by atoms with E-state index in [0.29, 0.717) is 37.2 Å². The highest BCUT2D eigenvalue weighted by Gasteiger charge is 2.32. The third kappa shape index (κ3) is 6.79. The fourth-order valence-electron chi connectivity index (χ4n) is 2.82. The maximum atomic E-state index is 12.4. The summed E-state index contributed by atoms with van der Waals surface area (Å²) in [7, 11) is 0. The summed E-state index contributed by atoms with van der Waals surface area (Å²) in [6.07, 6.45) is -0.425. The van der Waals surface area contributed by atoms with Crippen LogP contribution in [0.2, 0.25) is 0 Å². The number of nitriles is 1. The Labute approximate surface area is 170 Å². The Kier molecular flexibility index (Phi) is 7.21. The molecule has 1 N–H and O–H groups in total. The van der Waals surface area contributed by atoms with Crippen LogP contribution in [0.15, 0.2) is 24.3 Å². The van der Waals surface area contributed by atoms with Crippen molar-refractivity contribution in [2.24, 2.45) is 5.92 Å². The number of carbonyl (C=O) groups excluding carboxylic acids is 3. The zero-order valence-electron chi connectivity index (χ0n) is 17.2. The van der Waals surface area contributed by atoms with Gasteiger partial charge in [-0.05, 0) is 64.8 Å². The predicted octanol–water partition coefficient (Wildman–Crippen LogP) is 3.08. The van der Waals surface area contributed by atoms with Crippen molar-refractivity contribution in [3.63, 3.8) is 0 Å². The second-order valence-electron chi connectivity index (χ2n) is 8.00. The van der Waals surface area contributed by atoms with Crippen LogP contribution in [0.5, 0.6) is 0 Å². The second-order valence-corrected chi connectivity index (χ2v) is 8.00. The average molecular weight is 401 g/mol. The Hall–Kier alpha value is -3.08. The third-order valence-corrected chi connectivity index (χ3v) is 4.42. The molecule has 2 rings (SSSR count). The van der Waals surface area contributed by atoms with Crippen LogP contribution >= 0.6 is 0 Å². The summed E-state index contributed by atoms with van der Waals surface area (Å²) < 4.78 is 10.6. The number of nitrogens with one attached hydrogen (secondary N) is 1. The van der Waals surface area contributed by atoms with E-state index in [0.717, 1.165) is 0 Å². The van der Waals surface area contributed by atoms with Crippen molar-refractivity contribution in [1.29, 1.82) is 5.26 Å². The molecule has 0 aliphatic carbocycles. The van der Waals surface area contributed by atoms with Gasteiger partial charge in [-0.25, -0.2) is 4.79 Å². The minimum absolute atomic E-state index is 0.362. The Balaban J connectivity index is 1.80.